The van der Waals surface area contributed by atoms with Crippen LogP contribution in [0.25, 0.3) is 11.3 Å². The number of hydrogen-bond donors (Lipinski definition) is 0. The SMILES string of the molecule is COc1cc(C#N)ccc1OC(=O)c1ccc(-c2ccccc2)nc1C. The van der Waals surface area contributed by atoms with Gasteiger partial charge in [0.05, 0.1) is 35.7 Å². The number of carbonyl (C=O) groups is 1. The van der Waals surface area contributed by atoms with Gasteiger partial charge >= 0.3 is 5.97 Å². The summed E-state index contributed by atoms with van der Waals surface area (Å²) >= 11 is 0. The minimum absolute atomic E-state index is 0.253. The predicted octanol–water partition coefficient (Wildman–Crippen LogP) is 4.16. The second kappa shape index (κ2) is 7.49. The summed E-state index contributed by atoms with van der Waals surface area (Å²) in [5.74, 6) is 0.0459. The van der Waals surface area contributed by atoms with Crippen molar-refractivity contribution in [1.29, 1.82) is 5.26 Å². The van der Waals surface area contributed by atoms with Crippen molar-refractivity contribution in [2.24, 2.45) is 0 Å². The first-order chi connectivity index (χ1) is 12.6. The van der Waals surface area contributed by atoms with Gasteiger partial charge in [-0.1, -0.05) is 30.3 Å². The van der Waals surface area contributed by atoms with Crippen LogP contribution in [0.15, 0.2) is 60.7 Å². The van der Waals surface area contributed by atoms with Gasteiger partial charge in [-0.25, -0.2) is 4.79 Å². The summed E-state index contributed by atoms with van der Waals surface area (Å²) in [6.45, 7) is 1.76. The highest BCUT2D eigenvalue weighted by Gasteiger charge is 2.16. The van der Waals surface area contributed by atoms with Gasteiger partial charge < -0.3 is 9.47 Å². The van der Waals surface area contributed by atoms with Crippen LogP contribution in [-0.4, -0.2) is 18.1 Å². The first-order valence-corrected chi connectivity index (χ1v) is 7.95. The molecule has 2 aromatic carbocycles. The lowest BCUT2D eigenvalue weighted by Gasteiger charge is -2.11. The third-order valence-corrected chi connectivity index (χ3v) is 3.87. The highest BCUT2D eigenvalue weighted by Crippen LogP contribution is 2.29. The average molecular weight is 344 g/mol. The Balaban J connectivity index is 1.86. The number of rotatable bonds is 4. The van der Waals surface area contributed by atoms with Crippen LogP contribution in [0.1, 0.15) is 21.6 Å². The lowest BCUT2D eigenvalue weighted by atomic mass is 10.1. The number of benzene rings is 2. The summed E-state index contributed by atoms with van der Waals surface area (Å²) in [4.78, 5) is 17.0. The fourth-order valence-corrected chi connectivity index (χ4v) is 2.52. The largest absolute Gasteiger partial charge is 0.493 e. The molecule has 0 N–H and O–H groups in total. The monoisotopic (exact) mass is 344 g/mol. The van der Waals surface area contributed by atoms with Gasteiger partial charge in [-0.05, 0) is 31.2 Å². The molecule has 1 aromatic heterocycles. The van der Waals surface area contributed by atoms with E-state index < -0.39 is 5.97 Å². The normalized spacial score (nSPS) is 10.0. The van der Waals surface area contributed by atoms with E-state index in [-0.39, 0.29) is 5.75 Å². The molecule has 0 radical (unpaired) electrons. The predicted molar refractivity (Wildman–Crippen MR) is 97.1 cm³/mol. The molecule has 0 saturated carbocycles. The fourth-order valence-electron chi connectivity index (χ4n) is 2.52. The third kappa shape index (κ3) is 3.55. The van der Waals surface area contributed by atoms with Gasteiger partial charge in [0.15, 0.2) is 11.5 Å². The molecule has 5 heteroatoms. The number of esters is 1. The first-order valence-electron chi connectivity index (χ1n) is 7.95. The number of nitrogens with zero attached hydrogens (tertiary/aromatic N) is 2. The molecule has 0 saturated heterocycles. The van der Waals surface area contributed by atoms with Crippen LogP contribution in [0.4, 0.5) is 0 Å². The second-order valence-corrected chi connectivity index (χ2v) is 5.56. The maximum Gasteiger partial charge on any atom is 0.345 e. The molecule has 0 spiro atoms. The van der Waals surface area contributed by atoms with E-state index in [1.807, 2.05) is 36.4 Å². The van der Waals surface area contributed by atoms with Crippen LogP contribution in [0.2, 0.25) is 0 Å². The molecule has 0 unspecified atom stereocenters. The molecule has 26 heavy (non-hydrogen) atoms. The minimum Gasteiger partial charge on any atom is -0.493 e. The Morgan fingerprint density at radius 1 is 1.04 bits per heavy atom. The Morgan fingerprint density at radius 2 is 1.81 bits per heavy atom. The average Bonchev–Trinajstić information content (AvgIpc) is 2.68. The lowest BCUT2D eigenvalue weighted by Crippen LogP contribution is -2.12. The molecule has 0 aliphatic carbocycles. The summed E-state index contributed by atoms with van der Waals surface area (Å²) in [5.41, 5.74) is 3.13. The zero-order valence-corrected chi connectivity index (χ0v) is 14.4. The van der Waals surface area contributed by atoms with E-state index in [4.69, 9.17) is 14.7 Å². The molecule has 0 amide bonds. The van der Waals surface area contributed by atoms with Gasteiger partial charge in [0, 0.05) is 11.6 Å². The number of ether oxygens (including phenoxy) is 2. The molecule has 0 aliphatic rings. The van der Waals surface area contributed by atoms with Gasteiger partial charge in [-0.2, -0.15) is 5.26 Å². The van der Waals surface area contributed by atoms with Gasteiger partial charge in [0.2, 0.25) is 0 Å². The van der Waals surface area contributed by atoms with E-state index in [0.29, 0.717) is 22.6 Å². The van der Waals surface area contributed by atoms with Crippen LogP contribution >= 0.6 is 0 Å². The molecule has 5 nitrogen and oxygen atoms in total. The lowest BCUT2D eigenvalue weighted by molar-refractivity contribution is 0.0728. The van der Waals surface area contributed by atoms with E-state index >= 15 is 0 Å². The smallest absolute Gasteiger partial charge is 0.345 e. The summed E-state index contributed by atoms with van der Waals surface area (Å²) < 4.78 is 10.6. The van der Waals surface area contributed by atoms with Gasteiger partial charge in [0.1, 0.15) is 0 Å². The highest BCUT2D eigenvalue weighted by molar-refractivity contribution is 5.92. The standard InChI is InChI=1S/C21H16N2O3/c1-14-17(9-10-18(23-14)16-6-4-3-5-7-16)21(24)26-19-11-8-15(13-22)12-20(19)25-2/h3-12H,1-2H3. The molecular formula is C21H16N2O3. The summed E-state index contributed by atoms with van der Waals surface area (Å²) in [6.07, 6.45) is 0. The number of hydrogen-bond acceptors (Lipinski definition) is 5. The van der Waals surface area contributed by atoms with E-state index in [2.05, 4.69) is 4.98 Å². The zero-order chi connectivity index (χ0) is 18.5. The van der Waals surface area contributed by atoms with E-state index in [9.17, 15) is 4.79 Å². The Kier molecular flexibility index (Phi) is 4.95. The topological polar surface area (TPSA) is 72.2 Å². The first kappa shape index (κ1) is 17.2. The maximum atomic E-state index is 12.5. The molecule has 1 heterocycles. The minimum atomic E-state index is -0.530. The maximum absolute atomic E-state index is 12.5. The van der Waals surface area contributed by atoms with Crippen molar-refractivity contribution in [3.8, 4) is 28.8 Å². The third-order valence-electron chi connectivity index (χ3n) is 3.87. The molecule has 128 valence electrons. The molecule has 0 fully saturated rings. The quantitative estimate of drug-likeness (QED) is 0.525. The number of methoxy groups -OCH3 is 1. The Hall–Kier alpha value is -3.65. The summed E-state index contributed by atoms with van der Waals surface area (Å²) in [5, 5.41) is 8.94. The van der Waals surface area contributed by atoms with Gasteiger partial charge in [-0.15, -0.1) is 0 Å². The van der Waals surface area contributed by atoms with Crippen LogP contribution in [0.3, 0.4) is 0 Å². The van der Waals surface area contributed by atoms with E-state index in [1.54, 1.807) is 25.1 Å². The summed E-state index contributed by atoms with van der Waals surface area (Å²) in [6, 6.07) is 19.9. The molecule has 0 aliphatic heterocycles. The van der Waals surface area contributed by atoms with E-state index in [0.717, 1.165) is 11.3 Å². The Labute approximate surface area is 151 Å². The fraction of sp³-hybridized carbons (Fsp3) is 0.0952. The number of aryl methyl sites for hydroxylation is 1. The van der Waals surface area contributed by atoms with Crippen molar-refractivity contribution >= 4 is 5.97 Å². The van der Waals surface area contributed by atoms with Crippen molar-refractivity contribution in [3.05, 3.63) is 77.5 Å². The van der Waals surface area contributed by atoms with Gasteiger partial charge in [-0.3, -0.25) is 4.98 Å². The second-order valence-electron chi connectivity index (χ2n) is 5.56. The number of aromatic nitrogens is 1. The van der Waals surface area contributed by atoms with Crippen molar-refractivity contribution in [3.63, 3.8) is 0 Å². The van der Waals surface area contributed by atoms with Crippen molar-refractivity contribution in [2.75, 3.05) is 7.11 Å². The molecule has 0 atom stereocenters. The molecule has 3 aromatic rings. The van der Waals surface area contributed by atoms with E-state index in [1.165, 1.54) is 19.2 Å². The Morgan fingerprint density at radius 3 is 2.46 bits per heavy atom. The number of pyridine rings is 1. The van der Waals surface area contributed by atoms with Crippen LogP contribution < -0.4 is 9.47 Å². The molecular weight excluding hydrogens is 328 g/mol. The molecule has 0 bridgehead atoms. The molecule has 3 rings (SSSR count). The number of carbonyl (C=O) groups excluding carboxylic acids is 1. The van der Waals surface area contributed by atoms with Crippen LogP contribution in [0, 0.1) is 18.3 Å². The number of nitriles is 1. The Bertz CT molecular complexity index is 992. The van der Waals surface area contributed by atoms with Crippen LogP contribution in [0.5, 0.6) is 11.5 Å². The van der Waals surface area contributed by atoms with Crippen molar-refractivity contribution < 1.29 is 14.3 Å². The summed E-state index contributed by atoms with van der Waals surface area (Å²) in [7, 11) is 1.45. The zero-order valence-electron chi connectivity index (χ0n) is 14.4. The highest BCUT2D eigenvalue weighted by atomic mass is 16.6. The van der Waals surface area contributed by atoms with Crippen molar-refractivity contribution in [2.45, 2.75) is 6.92 Å². The van der Waals surface area contributed by atoms with Crippen molar-refractivity contribution in [1.82, 2.24) is 4.98 Å². The van der Waals surface area contributed by atoms with Gasteiger partial charge in [0.25, 0.3) is 0 Å². The van der Waals surface area contributed by atoms with Crippen LogP contribution in [-0.2, 0) is 0 Å².